The van der Waals surface area contributed by atoms with Gasteiger partial charge < -0.3 is 49.3 Å². The molecule has 2 saturated carbocycles. The third-order valence-corrected chi connectivity index (χ3v) is 11.7. The second kappa shape index (κ2) is 21.1. The minimum absolute atomic E-state index is 0.00928. The average molecular weight is 804 g/mol. The molecule has 3 aliphatic carbocycles. The largest absolute Gasteiger partial charge is 0.459 e. The van der Waals surface area contributed by atoms with E-state index in [4.69, 9.17) is 28.9 Å². The molecule has 1 aliphatic heterocycles. The summed E-state index contributed by atoms with van der Waals surface area (Å²) >= 11 is 0. The van der Waals surface area contributed by atoms with Crippen molar-refractivity contribution >= 4 is 17.7 Å². The molecule has 13 nitrogen and oxygen atoms in total. The number of carbonyl (C=O) groups is 2. The van der Waals surface area contributed by atoms with Crippen LogP contribution in [-0.2, 0) is 25.7 Å². The number of benzene rings is 2. The number of unbranched alkanes of at least 4 members (excludes halogenated alkanes) is 2. The number of nitrogens with one attached hydrogen (secondary N) is 1. The minimum Gasteiger partial charge on any atom is -0.459 e. The quantitative estimate of drug-likeness (QED) is 0.0606. The van der Waals surface area contributed by atoms with Crippen molar-refractivity contribution in [2.75, 3.05) is 52.7 Å². The lowest BCUT2D eigenvalue weighted by molar-refractivity contribution is -0.258. The van der Waals surface area contributed by atoms with E-state index in [0.29, 0.717) is 36.6 Å². The van der Waals surface area contributed by atoms with E-state index >= 15 is 0 Å². The van der Waals surface area contributed by atoms with Gasteiger partial charge in [-0.25, -0.2) is 4.79 Å². The van der Waals surface area contributed by atoms with Gasteiger partial charge in [-0.05, 0) is 86.6 Å². The van der Waals surface area contributed by atoms with Gasteiger partial charge in [0, 0.05) is 50.1 Å². The van der Waals surface area contributed by atoms with Crippen LogP contribution >= 0.6 is 0 Å². The summed E-state index contributed by atoms with van der Waals surface area (Å²) < 4.78 is 25.8. The van der Waals surface area contributed by atoms with Gasteiger partial charge in [-0.2, -0.15) is 0 Å². The van der Waals surface area contributed by atoms with Crippen LogP contribution in [0, 0.1) is 23.7 Å². The molecule has 6 rings (SSSR count). The predicted molar refractivity (Wildman–Crippen MR) is 218 cm³/mol. The van der Waals surface area contributed by atoms with Crippen molar-refractivity contribution in [2.45, 2.75) is 89.1 Å². The van der Waals surface area contributed by atoms with Crippen LogP contribution in [0.4, 0.5) is 4.79 Å². The molecule has 0 spiro atoms. The number of amides is 2. The van der Waals surface area contributed by atoms with Gasteiger partial charge in [0.1, 0.15) is 24.1 Å². The smallest absolute Gasteiger partial charge is 0.412 e. The standard InChI is InChI=1S/C45H61N3O10/c1-3-24-55-45-40(48(20-25-54-26-23-51)43(52)32-16-17-32)29-38(47-56-30-31-12-6-5-7-13-31)36-27-33(14-8-10-21-49)35(15-9-11-22-50)41(42(36)45)37-28-34(18-19-39(37)58-45)57-44(53)46-4-2/h3,5-7,12-13,18-19,27-28,32-33,35,40-42,49-51H,1,4,8-11,14-17,20-26,29-30H2,2H3,(H,46,53). The first kappa shape index (κ1) is 43.3. The van der Waals surface area contributed by atoms with E-state index < -0.39 is 23.8 Å². The first-order chi connectivity index (χ1) is 28.4. The first-order valence-corrected chi connectivity index (χ1v) is 21.1. The van der Waals surface area contributed by atoms with Crippen molar-refractivity contribution in [2.24, 2.45) is 28.8 Å². The third kappa shape index (κ3) is 10.1. The topological polar surface area (TPSA) is 169 Å². The van der Waals surface area contributed by atoms with E-state index in [0.717, 1.165) is 55.2 Å². The highest BCUT2D eigenvalue weighted by Crippen LogP contribution is 2.62. The van der Waals surface area contributed by atoms with E-state index in [1.54, 1.807) is 12.1 Å². The summed E-state index contributed by atoms with van der Waals surface area (Å²) in [6, 6.07) is 14.6. The molecule has 0 aromatic heterocycles. The van der Waals surface area contributed by atoms with Crippen molar-refractivity contribution < 1.29 is 48.7 Å². The molecule has 4 N–H and O–H groups in total. The van der Waals surface area contributed by atoms with Crippen molar-refractivity contribution in [3.63, 3.8) is 0 Å². The van der Waals surface area contributed by atoms with Crippen LogP contribution in [0.2, 0.25) is 0 Å². The number of hydrogen-bond donors (Lipinski definition) is 4. The number of nitrogens with zero attached hydrogens (tertiary/aromatic N) is 2. The molecule has 2 fully saturated rings. The fourth-order valence-corrected chi connectivity index (χ4v) is 9.07. The molecule has 2 aromatic carbocycles. The molecule has 316 valence electrons. The van der Waals surface area contributed by atoms with Crippen LogP contribution in [0.25, 0.3) is 0 Å². The summed E-state index contributed by atoms with van der Waals surface area (Å²) in [5.41, 5.74) is 3.43. The van der Waals surface area contributed by atoms with Gasteiger partial charge in [0.15, 0.2) is 0 Å². The van der Waals surface area contributed by atoms with Gasteiger partial charge in [0.05, 0.1) is 38.1 Å². The molecular formula is C45H61N3O10. The predicted octanol–water partition coefficient (Wildman–Crippen LogP) is 5.88. The lowest BCUT2D eigenvalue weighted by Crippen LogP contribution is -2.70. The summed E-state index contributed by atoms with van der Waals surface area (Å²) in [7, 11) is 0. The van der Waals surface area contributed by atoms with Crippen molar-refractivity contribution in [1.82, 2.24) is 10.2 Å². The zero-order valence-corrected chi connectivity index (χ0v) is 33.8. The lowest BCUT2D eigenvalue weighted by Gasteiger charge is -2.60. The highest BCUT2D eigenvalue weighted by molar-refractivity contribution is 6.03. The number of carbonyl (C=O) groups excluding carboxylic acids is 2. The van der Waals surface area contributed by atoms with Gasteiger partial charge in [-0.15, -0.1) is 6.58 Å². The minimum atomic E-state index is -1.41. The Morgan fingerprint density at radius 1 is 1.02 bits per heavy atom. The Kier molecular flexibility index (Phi) is 15.8. The van der Waals surface area contributed by atoms with E-state index in [1.807, 2.05) is 54.3 Å². The molecule has 6 atom stereocenters. The second-order valence-electron chi connectivity index (χ2n) is 15.6. The Morgan fingerprint density at radius 2 is 1.79 bits per heavy atom. The maximum atomic E-state index is 14.5. The molecule has 1 heterocycles. The summed E-state index contributed by atoms with van der Waals surface area (Å²) in [5, 5.41) is 36.9. The first-order valence-electron chi connectivity index (χ1n) is 21.1. The van der Waals surface area contributed by atoms with Gasteiger partial charge in [-0.1, -0.05) is 60.5 Å². The Morgan fingerprint density at radius 3 is 2.50 bits per heavy atom. The van der Waals surface area contributed by atoms with Crippen molar-refractivity contribution in [3.8, 4) is 11.5 Å². The third-order valence-electron chi connectivity index (χ3n) is 11.7. The van der Waals surface area contributed by atoms with E-state index in [9.17, 15) is 24.9 Å². The lowest BCUT2D eigenvalue weighted by atomic mass is 9.55. The number of hydrogen-bond acceptors (Lipinski definition) is 11. The summed E-state index contributed by atoms with van der Waals surface area (Å²) in [6.07, 6.45) is 9.73. The highest BCUT2D eigenvalue weighted by Gasteiger charge is 2.66. The molecule has 2 amide bonds. The van der Waals surface area contributed by atoms with Gasteiger partial charge >= 0.3 is 6.09 Å². The fraction of sp³-hybridized carbons (Fsp3) is 0.578. The molecule has 2 aromatic rings. The monoisotopic (exact) mass is 803 g/mol. The number of ether oxygens (including phenoxy) is 4. The number of aliphatic hydroxyl groups excluding tert-OH is 3. The van der Waals surface area contributed by atoms with Crippen molar-refractivity contribution in [3.05, 3.63) is 84.0 Å². The summed E-state index contributed by atoms with van der Waals surface area (Å²) in [6.45, 7) is 7.24. The Hall–Kier alpha value is -4.27. The maximum absolute atomic E-state index is 14.5. The Bertz CT molecular complexity index is 1730. The van der Waals surface area contributed by atoms with Gasteiger partial charge in [0.2, 0.25) is 11.7 Å². The number of allylic oxidation sites excluding steroid dienone is 1. The molecule has 0 radical (unpaired) electrons. The highest BCUT2D eigenvalue weighted by atomic mass is 16.7. The van der Waals surface area contributed by atoms with Crippen LogP contribution in [0.1, 0.15) is 81.8 Å². The van der Waals surface area contributed by atoms with Crippen LogP contribution in [0.5, 0.6) is 11.5 Å². The molecular weight excluding hydrogens is 743 g/mol. The number of rotatable bonds is 23. The molecule has 0 bridgehead atoms. The molecule has 58 heavy (non-hydrogen) atoms. The molecule has 4 aliphatic rings. The summed E-state index contributed by atoms with van der Waals surface area (Å²) in [4.78, 5) is 35.2. The SMILES string of the molecule is C=CCOC12Oc3ccc(OC(=O)NCC)cc3C3C(CCCCO)C(CCCCO)C=C(C(=NOCc4ccccc4)CC1N(CCOCCO)C(=O)C1CC1)C32. The zero-order chi connectivity index (χ0) is 40.9. The molecule has 0 saturated heterocycles. The maximum Gasteiger partial charge on any atom is 0.412 e. The van der Waals surface area contributed by atoms with Gasteiger partial charge in [0.25, 0.3) is 0 Å². The van der Waals surface area contributed by atoms with Crippen molar-refractivity contribution in [1.29, 1.82) is 0 Å². The van der Waals surface area contributed by atoms with Crippen LogP contribution in [0.15, 0.2) is 78.0 Å². The average Bonchev–Trinajstić information content (AvgIpc) is 4.08. The normalized spacial score (nSPS) is 25.1. The molecule has 13 heteroatoms. The van der Waals surface area contributed by atoms with Crippen LogP contribution < -0.4 is 14.8 Å². The van der Waals surface area contributed by atoms with E-state index in [-0.39, 0.29) is 88.8 Å². The Balaban J connectivity index is 1.56. The Labute approximate surface area is 342 Å². The van der Waals surface area contributed by atoms with E-state index in [1.165, 1.54) is 0 Å². The number of fused-ring (bicyclic) bond motifs is 2. The van der Waals surface area contributed by atoms with Gasteiger partial charge in [-0.3, -0.25) is 4.79 Å². The van der Waals surface area contributed by atoms with E-state index in [2.05, 4.69) is 18.0 Å². The van der Waals surface area contributed by atoms with Crippen LogP contribution in [-0.4, -0.2) is 102 Å². The second-order valence-corrected chi connectivity index (χ2v) is 15.6. The zero-order valence-electron chi connectivity index (χ0n) is 33.8. The summed E-state index contributed by atoms with van der Waals surface area (Å²) in [5.74, 6) is -1.33. The number of aliphatic hydroxyl groups is 3. The molecule has 6 unspecified atom stereocenters. The number of oxime groups is 1. The fourth-order valence-electron chi connectivity index (χ4n) is 9.07. The van der Waals surface area contributed by atoms with Crippen LogP contribution in [0.3, 0.4) is 0 Å².